The zero-order valence-corrected chi connectivity index (χ0v) is 19.4. The van der Waals surface area contributed by atoms with Crippen molar-refractivity contribution in [3.8, 4) is 0 Å². The number of nitrogens with zero attached hydrogens (tertiary/aromatic N) is 3. The van der Waals surface area contributed by atoms with Crippen molar-refractivity contribution in [3.63, 3.8) is 0 Å². The van der Waals surface area contributed by atoms with Crippen molar-refractivity contribution in [1.29, 1.82) is 0 Å². The van der Waals surface area contributed by atoms with E-state index >= 15 is 0 Å². The van der Waals surface area contributed by atoms with Gasteiger partial charge in [-0.25, -0.2) is 17.8 Å². The molecule has 0 saturated carbocycles. The summed E-state index contributed by atoms with van der Waals surface area (Å²) >= 11 is 0. The van der Waals surface area contributed by atoms with E-state index in [0.717, 1.165) is 12.8 Å². The smallest absolute Gasteiger partial charge is 0.228 e. The summed E-state index contributed by atoms with van der Waals surface area (Å²) in [7, 11) is -3.94. The predicted octanol–water partition coefficient (Wildman–Crippen LogP) is 3.35. The van der Waals surface area contributed by atoms with Gasteiger partial charge < -0.3 is 14.2 Å². The summed E-state index contributed by atoms with van der Waals surface area (Å²) in [6.45, 7) is 8.80. The highest BCUT2D eigenvalue weighted by Crippen LogP contribution is 2.23. The number of ether oxygens (including phenoxy) is 1. The van der Waals surface area contributed by atoms with Crippen molar-refractivity contribution < 1.29 is 22.3 Å². The lowest BCUT2D eigenvalue weighted by molar-refractivity contribution is -0.134. The van der Waals surface area contributed by atoms with Gasteiger partial charge in [0.2, 0.25) is 20.9 Å². The second-order valence-electron chi connectivity index (χ2n) is 8.29. The highest BCUT2D eigenvalue weighted by atomic mass is 32.2. The highest BCUT2D eigenvalue weighted by molar-refractivity contribution is 7.90. The molecular formula is C23H30FN3O4S. The van der Waals surface area contributed by atoms with Crippen LogP contribution in [-0.4, -0.2) is 48.0 Å². The van der Waals surface area contributed by atoms with E-state index in [9.17, 15) is 17.6 Å². The molecule has 1 aromatic carbocycles. The van der Waals surface area contributed by atoms with Crippen molar-refractivity contribution in [2.75, 3.05) is 13.2 Å². The van der Waals surface area contributed by atoms with E-state index in [1.807, 2.05) is 13.8 Å². The Bertz CT molecular complexity index is 1060. The van der Waals surface area contributed by atoms with E-state index in [4.69, 9.17) is 4.74 Å². The number of halogens is 1. The average molecular weight is 464 g/mol. The number of rotatable bonds is 10. The SMILES string of the molecule is C=CCN(Cc1cnc(S(=O)(=O)Cc2ccccc2F)n1C[C@H]1CCCO1)C(=O)C(C)C. The van der Waals surface area contributed by atoms with E-state index in [2.05, 4.69) is 11.6 Å². The molecule has 32 heavy (non-hydrogen) atoms. The number of imidazole rings is 1. The molecule has 7 nitrogen and oxygen atoms in total. The second-order valence-corrected chi connectivity index (χ2v) is 10.2. The first-order valence-corrected chi connectivity index (χ1v) is 12.4. The van der Waals surface area contributed by atoms with E-state index < -0.39 is 21.4 Å². The van der Waals surface area contributed by atoms with Gasteiger partial charge in [0, 0.05) is 24.6 Å². The van der Waals surface area contributed by atoms with Gasteiger partial charge >= 0.3 is 0 Å². The first kappa shape index (κ1) is 24.1. The molecule has 1 aliphatic rings. The Kier molecular flexibility index (Phi) is 7.84. The summed E-state index contributed by atoms with van der Waals surface area (Å²) in [5, 5.41) is -0.137. The molecule has 1 atom stereocenters. The summed E-state index contributed by atoms with van der Waals surface area (Å²) in [6.07, 6.45) is 4.69. The Morgan fingerprint density at radius 3 is 2.78 bits per heavy atom. The van der Waals surface area contributed by atoms with Crippen LogP contribution < -0.4 is 0 Å². The summed E-state index contributed by atoms with van der Waals surface area (Å²) in [6, 6.07) is 5.80. The number of carbonyl (C=O) groups is 1. The minimum Gasteiger partial charge on any atom is -0.376 e. The number of aromatic nitrogens is 2. The van der Waals surface area contributed by atoms with Crippen LogP contribution in [0.4, 0.5) is 4.39 Å². The maximum atomic E-state index is 14.1. The lowest BCUT2D eigenvalue weighted by Gasteiger charge is -2.24. The molecule has 1 saturated heterocycles. The maximum absolute atomic E-state index is 14.1. The molecule has 0 unspecified atom stereocenters. The Morgan fingerprint density at radius 2 is 2.16 bits per heavy atom. The molecule has 1 aliphatic heterocycles. The number of hydrogen-bond donors (Lipinski definition) is 0. The van der Waals surface area contributed by atoms with Crippen LogP contribution in [0.5, 0.6) is 0 Å². The van der Waals surface area contributed by atoms with Gasteiger partial charge in [0.15, 0.2) is 0 Å². The number of sulfone groups is 1. The summed E-state index contributed by atoms with van der Waals surface area (Å²) in [5.41, 5.74) is 0.674. The molecule has 2 aromatic rings. The molecule has 1 amide bonds. The number of hydrogen-bond acceptors (Lipinski definition) is 5. The monoisotopic (exact) mass is 463 g/mol. The lowest BCUT2D eigenvalue weighted by Crippen LogP contribution is -2.35. The molecule has 3 rings (SSSR count). The van der Waals surface area contributed by atoms with Crippen LogP contribution in [0.2, 0.25) is 0 Å². The van der Waals surface area contributed by atoms with E-state index in [0.29, 0.717) is 25.4 Å². The first-order chi connectivity index (χ1) is 15.2. The molecule has 1 fully saturated rings. The Hall–Kier alpha value is -2.52. The third-order valence-corrected chi connectivity index (χ3v) is 6.97. The molecule has 2 heterocycles. The van der Waals surface area contributed by atoms with Gasteiger partial charge in [0.05, 0.1) is 36.8 Å². The lowest BCUT2D eigenvalue weighted by atomic mass is 10.2. The fraction of sp³-hybridized carbons (Fsp3) is 0.478. The number of carbonyl (C=O) groups excluding carboxylic acids is 1. The molecule has 1 aromatic heterocycles. The predicted molar refractivity (Wildman–Crippen MR) is 119 cm³/mol. The molecule has 174 valence electrons. The highest BCUT2D eigenvalue weighted by Gasteiger charge is 2.29. The van der Waals surface area contributed by atoms with Crippen LogP contribution in [0, 0.1) is 11.7 Å². The van der Waals surface area contributed by atoms with E-state index in [1.54, 1.807) is 21.6 Å². The van der Waals surface area contributed by atoms with Crippen molar-refractivity contribution in [1.82, 2.24) is 14.5 Å². The minimum atomic E-state index is -3.94. The molecule has 0 spiro atoms. The Labute approximate surface area is 188 Å². The summed E-state index contributed by atoms with van der Waals surface area (Å²) in [4.78, 5) is 18.5. The van der Waals surface area contributed by atoms with Gasteiger partial charge in [0.1, 0.15) is 5.82 Å². The van der Waals surface area contributed by atoms with Crippen molar-refractivity contribution in [2.45, 2.75) is 56.8 Å². The van der Waals surface area contributed by atoms with Crippen LogP contribution in [0.3, 0.4) is 0 Å². The number of benzene rings is 1. The zero-order valence-electron chi connectivity index (χ0n) is 18.5. The maximum Gasteiger partial charge on any atom is 0.228 e. The quantitative estimate of drug-likeness (QED) is 0.505. The first-order valence-electron chi connectivity index (χ1n) is 10.7. The van der Waals surface area contributed by atoms with Crippen molar-refractivity contribution >= 4 is 15.7 Å². The van der Waals surface area contributed by atoms with Gasteiger partial charge in [0.25, 0.3) is 0 Å². The molecular weight excluding hydrogens is 433 g/mol. The van der Waals surface area contributed by atoms with Crippen LogP contribution in [0.15, 0.2) is 48.3 Å². The Morgan fingerprint density at radius 1 is 1.41 bits per heavy atom. The van der Waals surface area contributed by atoms with Crippen molar-refractivity contribution in [2.24, 2.45) is 5.92 Å². The minimum absolute atomic E-state index is 0.0643. The van der Waals surface area contributed by atoms with E-state index in [-0.39, 0.29) is 35.2 Å². The van der Waals surface area contributed by atoms with Crippen LogP contribution in [0.25, 0.3) is 0 Å². The average Bonchev–Trinajstić information content (AvgIpc) is 3.39. The second kappa shape index (κ2) is 10.4. The third-order valence-electron chi connectivity index (χ3n) is 5.40. The molecule has 0 aliphatic carbocycles. The normalized spacial score (nSPS) is 16.4. The van der Waals surface area contributed by atoms with Gasteiger partial charge in [-0.1, -0.05) is 38.1 Å². The van der Waals surface area contributed by atoms with Crippen molar-refractivity contribution in [3.05, 3.63) is 60.2 Å². The molecule has 0 radical (unpaired) electrons. The topological polar surface area (TPSA) is 81.5 Å². The van der Waals surface area contributed by atoms with Gasteiger partial charge in [-0.15, -0.1) is 6.58 Å². The third kappa shape index (κ3) is 5.63. The number of amides is 1. The van der Waals surface area contributed by atoms with E-state index in [1.165, 1.54) is 24.4 Å². The fourth-order valence-electron chi connectivity index (χ4n) is 3.79. The zero-order chi connectivity index (χ0) is 23.3. The van der Waals surface area contributed by atoms with Gasteiger partial charge in [-0.2, -0.15) is 0 Å². The molecule has 0 bridgehead atoms. The van der Waals surface area contributed by atoms with Gasteiger partial charge in [-0.3, -0.25) is 4.79 Å². The van der Waals surface area contributed by atoms with Crippen LogP contribution >= 0.6 is 0 Å². The largest absolute Gasteiger partial charge is 0.376 e. The molecule has 9 heteroatoms. The molecule has 0 N–H and O–H groups in total. The Balaban J connectivity index is 1.97. The fourth-order valence-corrected chi connectivity index (χ4v) is 5.30. The summed E-state index contributed by atoms with van der Waals surface area (Å²) in [5.74, 6) is -1.35. The summed E-state index contributed by atoms with van der Waals surface area (Å²) < 4.78 is 47.9. The van der Waals surface area contributed by atoms with Crippen LogP contribution in [-0.2, 0) is 38.2 Å². The van der Waals surface area contributed by atoms with Gasteiger partial charge in [-0.05, 0) is 18.9 Å². The standard InChI is InChI=1S/C23H30FN3O4S/c1-4-11-26(22(28)17(2)3)14-19-13-25-23(27(19)15-20-9-7-12-31-20)32(29,30)16-18-8-5-6-10-21(18)24/h4-6,8,10,13,17,20H,1,7,9,11-12,14-16H2,2-3H3/t20-/m1/s1. The van der Waals surface area contributed by atoms with Crippen LogP contribution in [0.1, 0.15) is 37.9 Å².